The Kier molecular flexibility index (Phi) is 8.20. The normalized spacial score (nSPS) is 17.5. The Morgan fingerprint density at radius 1 is 1.29 bits per heavy atom. The van der Waals surface area contributed by atoms with E-state index in [0.29, 0.717) is 57.7 Å². The van der Waals surface area contributed by atoms with Crippen LogP contribution in [0.2, 0.25) is 0 Å². The summed E-state index contributed by atoms with van der Waals surface area (Å²) in [7, 11) is 1.63. The molecular weight excluding hydrogens is 452 g/mol. The molecule has 1 aromatic carbocycles. The summed E-state index contributed by atoms with van der Waals surface area (Å²) in [5.41, 5.74) is 2.82. The van der Waals surface area contributed by atoms with E-state index < -0.39 is 0 Å². The average molecular weight is 483 g/mol. The van der Waals surface area contributed by atoms with Crippen LogP contribution in [0.1, 0.15) is 39.3 Å². The molecular formula is C26H30N2O5S. The molecule has 4 rings (SSSR count). The van der Waals surface area contributed by atoms with Crippen molar-refractivity contribution in [2.75, 3.05) is 40.0 Å². The maximum atomic E-state index is 12.7. The van der Waals surface area contributed by atoms with Gasteiger partial charge in [0, 0.05) is 35.7 Å². The predicted octanol–water partition coefficient (Wildman–Crippen LogP) is 3.95. The Bertz CT molecular complexity index is 1070. The van der Waals surface area contributed by atoms with Crippen molar-refractivity contribution in [3.05, 3.63) is 50.7 Å². The molecule has 0 spiro atoms. The summed E-state index contributed by atoms with van der Waals surface area (Å²) in [5, 5.41) is 9.77. The third kappa shape index (κ3) is 5.96. The number of benzene rings is 1. The van der Waals surface area contributed by atoms with Crippen molar-refractivity contribution in [2.45, 2.75) is 38.5 Å². The predicted molar refractivity (Wildman–Crippen MR) is 128 cm³/mol. The van der Waals surface area contributed by atoms with E-state index in [1.54, 1.807) is 23.3 Å². The zero-order valence-corrected chi connectivity index (χ0v) is 20.3. The Morgan fingerprint density at radius 3 is 2.88 bits per heavy atom. The number of ether oxygens (including phenoxy) is 3. The zero-order chi connectivity index (χ0) is 23.9. The number of methoxy groups -OCH3 is 1. The minimum Gasteiger partial charge on any atom is -0.497 e. The van der Waals surface area contributed by atoms with E-state index in [4.69, 9.17) is 14.2 Å². The molecule has 2 aromatic rings. The van der Waals surface area contributed by atoms with Gasteiger partial charge in [0.25, 0.3) is 0 Å². The number of aryl methyl sites for hydroxylation is 1. The van der Waals surface area contributed by atoms with Crippen molar-refractivity contribution in [1.29, 1.82) is 5.26 Å². The van der Waals surface area contributed by atoms with Crippen molar-refractivity contribution in [3.8, 4) is 11.8 Å². The molecule has 0 saturated carbocycles. The van der Waals surface area contributed by atoms with Crippen LogP contribution >= 0.6 is 11.3 Å². The van der Waals surface area contributed by atoms with Crippen LogP contribution in [0.15, 0.2) is 24.3 Å². The monoisotopic (exact) mass is 482 g/mol. The molecule has 1 amide bonds. The quantitative estimate of drug-likeness (QED) is 0.566. The molecule has 2 aliphatic rings. The number of fused-ring (bicyclic) bond motifs is 1. The Hall–Kier alpha value is -2.89. The van der Waals surface area contributed by atoms with E-state index in [-0.39, 0.29) is 17.8 Å². The molecule has 7 nitrogen and oxygen atoms in total. The number of thiophene rings is 1. The second-order valence-electron chi connectivity index (χ2n) is 8.77. The highest BCUT2D eigenvalue weighted by atomic mass is 32.1. The number of amides is 1. The molecule has 0 radical (unpaired) electrons. The Labute approximate surface area is 204 Å². The number of morpholine rings is 1. The molecule has 8 heteroatoms. The summed E-state index contributed by atoms with van der Waals surface area (Å²) in [4.78, 5) is 28.7. The van der Waals surface area contributed by atoms with Crippen LogP contribution < -0.4 is 4.74 Å². The smallest absolute Gasteiger partial charge is 0.409 e. The van der Waals surface area contributed by atoms with Gasteiger partial charge >= 0.3 is 6.09 Å². The van der Waals surface area contributed by atoms with E-state index in [0.717, 1.165) is 45.9 Å². The number of carbonyl (C=O) groups is 2. The first-order chi connectivity index (χ1) is 16.6. The summed E-state index contributed by atoms with van der Waals surface area (Å²) in [5.74, 6) is 1.15. The highest BCUT2D eigenvalue weighted by Crippen LogP contribution is 2.37. The maximum Gasteiger partial charge on any atom is 0.409 e. The molecule has 1 unspecified atom stereocenters. The lowest BCUT2D eigenvalue weighted by atomic mass is 9.87. The van der Waals surface area contributed by atoms with Crippen LogP contribution in [0, 0.1) is 17.2 Å². The van der Waals surface area contributed by atoms with Crippen LogP contribution in [0.3, 0.4) is 0 Å². The van der Waals surface area contributed by atoms with Crippen LogP contribution in [0.25, 0.3) is 0 Å². The first kappa shape index (κ1) is 24.2. The minimum atomic E-state index is -0.277. The molecule has 34 heavy (non-hydrogen) atoms. The fourth-order valence-electron chi connectivity index (χ4n) is 4.51. The zero-order valence-electron chi connectivity index (χ0n) is 19.5. The largest absolute Gasteiger partial charge is 0.497 e. The molecule has 0 bridgehead atoms. The van der Waals surface area contributed by atoms with Crippen LogP contribution in [-0.4, -0.2) is 56.8 Å². The number of hydrogen-bond donors (Lipinski definition) is 0. The molecule has 1 fully saturated rings. The average Bonchev–Trinajstić information content (AvgIpc) is 3.22. The van der Waals surface area contributed by atoms with Crippen molar-refractivity contribution in [2.24, 2.45) is 5.92 Å². The molecule has 1 saturated heterocycles. The number of nitriles is 1. The second kappa shape index (κ2) is 11.5. The minimum absolute atomic E-state index is 0.133. The van der Waals surface area contributed by atoms with Crippen molar-refractivity contribution < 1.29 is 23.8 Å². The van der Waals surface area contributed by atoms with E-state index in [2.05, 4.69) is 6.07 Å². The van der Waals surface area contributed by atoms with Gasteiger partial charge in [0.15, 0.2) is 0 Å². The van der Waals surface area contributed by atoms with Gasteiger partial charge < -0.3 is 19.1 Å². The number of nitrogens with zero attached hydrogens (tertiary/aromatic N) is 2. The number of rotatable bonds is 8. The Morgan fingerprint density at radius 2 is 2.12 bits per heavy atom. The summed E-state index contributed by atoms with van der Waals surface area (Å²) in [6.07, 6.45) is 3.54. The van der Waals surface area contributed by atoms with E-state index in [9.17, 15) is 14.9 Å². The van der Waals surface area contributed by atoms with Gasteiger partial charge in [0.1, 0.15) is 17.6 Å². The van der Waals surface area contributed by atoms with E-state index in [1.807, 2.05) is 24.3 Å². The van der Waals surface area contributed by atoms with Crippen molar-refractivity contribution in [3.63, 3.8) is 0 Å². The molecule has 2 heterocycles. The van der Waals surface area contributed by atoms with Crippen LogP contribution in [-0.2, 0) is 40.0 Å². The van der Waals surface area contributed by atoms with E-state index >= 15 is 0 Å². The van der Waals surface area contributed by atoms with Crippen LogP contribution in [0.4, 0.5) is 4.79 Å². The van der Waals surface area contributed by atoms with Gasteiger partial charge in [0.2, 0.25) is 0 Å². The first-order valence-corrected chi connectivity index (χ1v) is 12.6. The number of carbonyl (C=O) groups excluding carboxylic acids is 2. The summed E-state index contributed by atoms with van der Waals surface area (Å²) in [6.45, 7) is 2.62. The van der Waals surface area contributed by atoms with Crippen LogP contribution in [0.5, 0.6) is 5.75 Å². The molecule has 1 aromatic heterocycles. The van der Waals surface area contributed by atoms with Gasteiger partial charge in [-0.05, 0) is 54.9 Å². The molecule has 1 atom stereocenters. The number of hydrogen-bond acceptors (Lipinski definition) is 7. The summed E-state index contributed by atoms with van der Waals surface area (Å²) >= 11 is 1.58. The summed E-state index contributed by atoms with van der Waals surface area (Å²) in [6, 6.07) is 10.1. The van der Waals surface area contributed by atoms with Crippen molar-refractivity contribution in [1.82, 2.24) is 4.90 Å². The van der Waals surface area contributed by atoms with Gasteiger partial charge in [-0.2, -0.15) is 5.26 Å². The fourth-order valence-corrected chi connectivity index (χ4v) is 5.96. The van der Waals surface area contributed by atoms with E-state index in [1.165, 1.54) is 0 Å². The van der Waals surface area contributed by atoms with Crippen molar-refractivity contribution >= 4 is 23.2 Å². The lowest BCUT2D eigenvalue weighted by Crippen LogP contribution is -2.41. The Balaban J connectivity index is 1.32. The molecule has 180 valence electrons. The SMILES string of the molecule is COc1cccc(CCC(=O)Cc2sc3c(c2C#N)CCC(COC(=O)N2CCOCC2)C3)c1. The third-order valence-corrected chi connectivity index (χ3v) is 7.70. The van der Waals surface area contributed by atoms with Gasteiger partial charge in [-0.15, -0.1) is 11.3 Å². The standard InChI is InChI=1S/C26H30N2O5S/c1-31-21-4-2-3-18(13-21)5-7-20(29)15-25-23(16-27)22-8-6-19(14-24(22)34-25)17-33-26(30)28-9-11-32-12-10-28/h2-4,13,19H,5-12,14-15,17H2,1H3. The third-order valence-electron chi connectivity index (χ3n) is 6.45. The van der Waals surface area contributed by atoms with Gasteiger partial charge in [-0.1, -0.05) is 12.1 Å². The summed E-state index contributed by atoms with van der Waals surface area (Å²) < 4.78 is 16.1. The number of Topliss-reactive ketones (excluding diaryl/α,β-unsaturated/α-hetero) is 1. The van der Waals surface area contributed by atoms with Gasteiger partial charge in [-0.3, -0.25) is 4.79 Å². The first-order valence-electron chi connectivity index (χ1n) is 11.7. The van der Waals surface area contributed by atoms with Gasteiger partial charge in [0.05, 0.1) is 32.5 Å². The van der Waals surface area contributed by atoms with Gasteiger partial charge in [-0.25, -0.2) is 4.79 Å². The highest BCUT2D eigenvalue weighted by molar-refractivity contribution is 7.12. The fraction of sp³-hybridized carbons (Fsp3) is 0.500. The maximum absolute atomic E-state index is 12.7. The molecule has 0 N–H and O–H groups in total. The lowest BCUT2D eigenvalue weighted by molar-refractivity contribution is -0.118. The lowest BCUT2D eigenvalue weighted by Gasteiger charge is -2.28. The number of ketones is 1. The molecule has 1 aliphatic carbocycles. The highest BCUT2D eigenvalue weighted by Gasteiger charge is 2.28. The second-order valence-corrected chi connectivity index (χ2v) is 9.96. The topological polar surface area (TPSA) is 88.9 Å². The molecule has 1 aliphatic heterocycles.